The third-order valence-corrected chi connectivity index (χ3v) is 6.78. The van der Waals surface area contributed by atoms with Gasteiger partial charge < -0.3 is 4.57 Å². The van der Waals surface area contributed by atoms with Gasteiger partial charge in [-0.25, -0.2) is 4.39 Å². The molecule has 0 N–H and O–H groups in total. The summed E-state index contributed by atoms with van der Waals surface area (Å²) in [5.74, 6) is -0.681. The molecule has 0 atom stereocenters. The van der Waals surface area contributed by atoms with E-state index in [0.717, 1.165) is 39.8 Å². The number of carbonyl (C=O) groups is 2. The third kappa shape index (κ3) is 3.98. The van der Waals surface area contributed by atoms with Crippen molar-refractivity contribution in [2.45, 2.75) is 20.4 Å². The number of benzene rings is 3. The Bertz CT molecular complexity index is 1440. The first-order chi connectivity index (χ1) is 15.9. The molecule has 0 radical (unpaired) electrons. The minimum atomic E-state index is -0.352. The number of hydrogen-bond acceptors (Lipinski definition) is 3. The molecule has 0 bridgehead atoms. The number of halogens is 1. The van der Waals surface area contributed by atoms with Gasteiger partial charge in [0.1, 0.15) is 5.82 Å². The Labute approximate surface area is 195 Å². The number of aromatic nitrogens is 1. The number of amides is 2. The van der Waals surface area contributed by atoms with Crippen molar-refractivity contribution >= 4 is 39.8 Å². The van der Waals surface area contributed by atoms with E-state index in [1.54, 1.807) is 18.2 Å². The molecule has 164 valence electrons. The van der Waals surface area contributed by atoms with E-state index in [2.05, 4.69) is 34.9 Å². The highest BCUT2D eigenvalue weighted by molar-refractivity contribution is 8.18. The van der Waals surface area contributed by atoms with Crippen molar-refractivity contribution in [1.82, 2.24) is 9.47 Å². The molecule has 1 aliphatic rings. The van der Waals surface area contributed by atoms with Gasteiger partial charge in [-0.2, -0.15) is 0 Å². The predicted molar refractivity (Wildman–Crippen MR) is 131 cm³/mol. The molecule has 33 heavy (non-hydrogen) atoms. The summed E-state index contributed by atoms with van der Waals surface area (Å²) in [5, 5.41) is 2.02. The Morgan fingerprint density at radius 1 is 0.909 bits per heavy atom. The summed E-state index contributed by atoms with van der Waals surface area (Å²) in [6, 6.07) is 22.4. The third-order valence-electron chi connectivity index (χ3n) is 5.88. The highest BCUT2D eigenvalue weighted by Gasteiger charge is 2.35. The molecule has 2 heterocycles. The standard InChI is InChI=1S/C27H21FN2O2S/c1-17-13-22(18(2)30(17)24-12-9-20-5-3-4-6-21(20)14-24)15-25-26(31)29(27(32)33-25)16-19-7-10-23(28)11-8-19/h3-15H,16H2,1-2H3/b25-15-. The Hall–Kier alpha value is -3.64. The lowest BCUT2D eigenvalue weighted by Gasteiger charge is -2.12. The molecule has 0 spiro atoms. The van der Waals surface area contributed by atoms with Crippen LogP contribution in [-0.4, -0.2) is 20.6 Å². The van der Waals surface area contributed by atoms with Crippen LogP contribution < -0.4 is 0 Å². The molecule has 2 amide bonds. The van der Waals surface area contributed by atoms with Gasteiger partial charge in [-0.3, -0.25) is 14.5 Å². The smallest absolute Gasteiger partial charge is 0.293 e. The zero-order chi connectivity index (χ0) is 23.1. The van der Waals surface area contributed by atoms with E-state index >= 15 is 0 Å². The lowest BCUT2D eigenvalue weighted by molar-refractivity contribution is -0.123. The van der Waals surface area contributed by atoms with Crippen LogP contribution in [0.25, 0.3) is 22.5 Å². The molecular formula is C27H21FN2O2S. The van der Waals surface area contributed by atoms with Crippen LogP contribution in [-0.2, 0) is 11.3 Å². The Kier molecular flexibility index (Phi) is 5.38. The fourth-order valence-corrected chi connectivity index (χ4v) is 5.03. The zero-order valence-electron chi connectivity index (χ0n) is 18.2. The van der Waals surface area contributed by atoms with Crippen LogP contribution in [0.15, 0.2) is 77.7 Å². The summed E-state index contributed by atoms with van der Waals surface area (Å²) in [4.78, 5) is 27.0. The summed E-state index contributed by atoms with van der Waals surface area (Å²) in [7, 11) is 0. The van der Waals surface area contributed by atoms with Crippen molar-refractivity contribution in [3.8, 4) is 5.69 Å². The molecule has 3 aromatic carbocycles. The maximum Gasteiger partial charge on any atom is 0.293 e. The summed E-state index contributed by atoms with van der Waals surface area (Å²) < 4.78 is 15.3. The normalized spacial score (nSPS) is 15.2. The average molecular weight is 457 g/mol. The second-order valence-electron chi connectivity index (χ2n) is 8.09. The lowest BCUT2D eigenvalue weighted by atomic mass is 10.1. The minimum Gasteiger partial charge on any atom is -0.318 e. The van der Waals surface area contributed by atoms with Crippen molar-refractivity contribution in [3.63, 3.8) is 0 Å². The molecule has 0 saturated carbocycles. The fraction of sp³-hybridized carbons (Fsp3) is 0.111. The molecule has 1 aromatic heterocycles. The highest BCUT2D eigenvalue weighted by atomic mass is 32.2. The SMILES string of the molecule is Cc1cc(/C=C2\SC(=O)N(Cc3ccc(F)cc3)C2=O)c(C)n1-c1ccc2ccccc2c1. The van der Waals surface area contributed by atoms with Gasteiger partial charge in [0.15, 0.2) is 0 Å². The van der Waals surface area contributed by atoms with E-state index < -0.39 is 0 Å². The summed E-state index contributed by atoms with van der Waals surface area (Å²) in [6.07, 6.45) is 1.79. The van der Waals surface area contributed by atoms with Crippen LogP contribution in [0.4, 0.5) is 9.18 Å². The Balaban J connectivity index is 1.45. The van der Waals surface area contributed by atoms with E-state index in [9.17, 15) is 14.0 Å². The van der Waals surface area contributed by atoms with Crippen molar-refractivity contribution in [2.75, 3.05) is 0 Å². The first-order valence-corrected chi connectivity index (χ1v) is 11.4. The van der Waals surface area contributed by atoms with E-state index in [1.807, 2.05) is 32.0 Å². The van der Waals surface area contributed by atoms with Crippen LogP contribution in [0.2, 0.25) is 0 Å². The Morgan fingerprint density at radius 3 is 2.39 bits per heavy atom. The van der Waals surface area contributed by atoms with E-state index in [4.69, 9.17) is 0 Å². The first kappa shape index (κ1) is 21.2. The number of carbonyl (C=O) groups excluding carboxylic acids is 2. The summed E-state index contributed by atoms with van der Waals surface area (Å²) >= 11 is 0.936. The number of nitrogens with zero attached hydrogens (tertiary/aromatic N) is 2. The van der Waals surface area contributed by atoms with Gasteiger partial charge >= 0.3 is 0 Å². The molecule has 1 saturated heterocycles. The molecule has 6 heteroatoms. The summed E-state index contributed by atoms with van der Waals surface area (Å²) in [5.41, 5.74) is 4.68. The highest BCUT2D eigenvalue weighted by Crippen LogP contribution is 2.35. The Morgan fingerprint density at radius 2 is 1.64 bits per heavy atom. The number of aryl methyl sites for hydroxylation is 1. The minimum absolute atomic E-state index is 0.123. The van der Waals surface area contributed by atoms with Gasteiger partial charge in [-0.1, -0.05) is 42.5 Å². The molecule has 4 nitrogen and oxygen atoms in total. The first-order valence-electron chi connectivity index (χ1n) is 10.6. The largest absolute Gasteiger partial charge is 0.318 e. The van der Waals surface area contributed by atoms with E-state index in [1.165, 1.54) is 22.4 Å². The van der Waals surface area contributed by atoms with Gasteiger partial charge in [-0.05, 0) is 83.9 Å². The lowest BCUT2D eigenvalue weighted by Crippen LogP contribution is -2.27. The van der Waals surface area contributed by atoms with Crippen LogP contribution in [0.5, 0.6) is 0 Å². The van der Waals surface area contributed by atoms with Gasteiger partial charge in [0.05, 0.1) is 11.4 Å². The second-order valence-corrected chi connectivity index (χ2v) is 9.08. The number of thioether (sulfide) groups is 1. The number of hydrogen-bond donors (Lipinski definition) is 0. The van der Waals surface area contributed by atoms with Gasteiger partial charge in [-0.15, -0.1) is 0 Å². The average Bonchev–Trinajstić information content (AvgIpc) is 3.24. The maximum absolute atomic E-state index is 13.2. The van der Waals surface area contributed by atoms with Crippen molar-refractivity contribution in [1.29, 1.82) is 0 Å². The molecule has 4 aromatic rings. The molecule has 5 rings (SSSR count). The predicted octanol–water partition coefficient (Wildman–Crippen LogP) is 6.62. The fourth-order valence-electron chi connectivity index (χ4n) is 4.20. The van der Waals surface area contributed by atoms with Crippen molar-refractivity contribution in [2.24, 2.45) is 0 Å². The molecule has 1 aliphatic heterocycles. The van der Waals surface area contributed by atoms with Crippen molar-refractivity contribution in [3.05, 3.63) is 106 Å². The number of imide groups is 1. The monoisotopic (exact) mass is 456 g/mol. The maximum atomic E-state index is 13.2. The number of fused-ring (bicyclic) bond motifs is 1. The quantitative estimate of drug-likeness (QED) is 0.324. The molecular weight excluding hydrogens is 435 g/mol. The topological polar surface area (TPSA) is 42.3 Å². The van der Waals surface area contributed by atoms with Crippen LogP contribution in [0.3, 0.4) is 0 Å². The zero-order valence-corrected chi connectivity index (χ0v) is 19.0. The van der Waals surface area contributed by atoms with Gasteiger partial charge in [0.2, 0.25) is 0 Å². The summed E-state index contributed by atoms with van der Waals surface area (Å²) in [6.45, 7) is 4.16. The molecule has 0 aliphatic carbocycles. The van der Waals surface area contributed by atoms with Crippen LogP contribution in [0, 0.1) is 19.7 Å². The second kappa shape index (κ2) is 8.37. The van der Waals surface area contributed by atoms with Gasteiger partial charge in [0, 0.05) is 17.1 Å². The molecule has 1 fully saturated rings. The van der Waals surface area contributed by atoms with E-state index in [-0.39, 0.29) is 23.5 Å². The van der Waals surface area contributed by atoms with Crippen LogP contribution in [0.1, 0.15) is 22.5 Å². The van der Waals surface area contributed by atoms with Crippen molar-refractivity contribution < 1.29 is 14.0 Å². The van der Waals surface area contributed by atoms with E-state index in [0.29, 0.717) is 10.5 Å². The van der Waals surface area contributed by atoms with Crippen LogP contribution >= 0.6 is 11.8 Å². The van der Waals surface area contributed by atoms with Gasteiger partial charge in [0.25, 0.3) is 11.1 Å². The number of rotatable bonds is 4. The molecule has 0 unspecified atom stereocenters.